The molecular formula is C65H126O17P2. The van der Waals surface area contributed by atoms with E-state index in [-0.39, 0.29) is 25.7 Å². The monoisotopic (exact) mass is 1240 g/mol. The number of aliphatic hydroxyl groups is 1. The molecule has 0 saturated carbocycles. The number of carbonyl (C=O) groups is 4. The van der Waals surface area contributed by atoms with E-state index >= 15 is 0 Å². The van der Waals surface area contributed by atoms with Crippen LogP contribution in [0.1, 0.15) is 324 Å². The lowest BCUT2D eigenvalue weighted by atomic mass is 10.0. The summed E-state index contributed by atoms with van der Waals surface area (Å²) in [5.74, 6) is -0.600. The van der Waals surface area contributed by atoms with Crippen molar-refractivity contribution in [2.24, 2.45) is 11.8 Å². The fourth-order valence-corrected chi connectivity index (χ4v) is 11.3. The largest absolute Gasteiger partial charge is 0.472 e. The maximum atomic E-state index is 13.0. The second-order valence-corrected chi connectivity index (χ2v) is 27.4. The number of carbonyl (C=O) groups excluding carboxylic acids is 4. The van der Waals surface area contributed by atoms with Crippen LogP contribution in [0.15, 0.2) is 0 Å². The van der Waals surface area contributed by atoms with Gasteiger partial charge in [-0.2, -0.15) is 0 Å². The van der Waals surface area contributed by atoms with Crippen LogP contribution in [0.25, 0.3) is 0 Å². The maximum absolute atomic E-state index is 13.0. The standard InChI is InChI=1S/C65H126O17P2/c1-7-9-11-13-15-29-35-41-47-62(67)75-53-60(81-64(69)49-43-37-30-16-14-12-10-8-2)55-79-83(71,72)77-51-59(66)52-78-84(73,74)80-56-61(82-65(70)50-44-38-32-26-22-18-20-24-28-34-40-46-58(5)6)54-76-63(68)48-42-36-31-25-21-17-19-23-27-33-39-45-57(3)4/h57-61,66H,7-56H2,1-6H3,(H,71,72)(H,73,74)/t59-,60+,61+/m0/s1. The molecule has 0 aromatic carbocycles. The third kappa shape index (κ3) is 59.0. The van der Waals surface area contributed by atoms with Gasteiger partial charge in [0.15, 0.2) is 12.2 Å². The van der Waals surface area contributed by atoms with E-state index in [0.29, 0.717) is 25.7 Å². The van der Waals surface area contributed by atoms with Crippen molar-refractivity contribution < 1.29 is 80.2 Å². The first-order valence-corrected chi connectivity index (χ1v) is 37.0. The van der Waals surface area contributed by atoms with Crippen molar-refractivity contribution in [1.29, 1.82) is 0 Å². The highest BCUT2D eigenvalue weighted by Crippen LogP contribution is 2.45. The van der Waals surface area contributed by atoms with E-state index < -0.39 is 97.5 Å². The van der Waals surface area contributed by atoms with Crippen LogP contribution in [0.3, 0.4) is 0 Å². The van der Waals surface area contributed by atoms with E-state index in [2.05, 4.69) is 41.5 Å². The lowest BCUT2D eigenvalue weighted by Crippen LogP contribution is -2.30. The Hall–Kier alpha value is -1.94. The van der Waals surface area contributed by atoms with Gasteiger partial charge in [-0.25, -0.2) is 9.13 Å². The number of phosphoric ester groups is 2. The molecule has 498 valence electrons. The number of esters is 4. The SMILES string of the molecule is CCCCCCCCCCC(=O)OC[C@H](COP(=O)(O)OC[C@H](O)COP(=O)(O)OC[C@@H](COC(=O)CCCCCCCCCCCCCC(C)C)OC(=O)CCCCCCCCCCCCCC(C)C)OC(=O)CCCCCCCCCC. The average Bonchev–Trinajstić information content (AvgIpc) is 3.61. The molecule has 3 N–H and O–H groups in total. The van der Waals surface area contributed by atoms with E-state index in [9.17, 15) is 43.2 Å². The fraction of sp³-hybridized carbons (Fsp3) is 0.938. The molecule has 0 aliphatic rings. The smallest absolute Gasteiger partial charge is 0.462 e. The molecule has 0 aliphatic carbocycles. The van der Waals surface area contributed by atoms with Gasteiger partial charge in [-0.15, -0.1) is 0 Å². The van der Waals surface area contributed by atoms with Crippen LogP contribution >= 0.6 is 15.6 Å². The Morgan fingerprint density at radius 3 is 0.810 bits per heavy atom. The molecular weight excluding hydrogens is 1110 g/mol. The zero-order chi connectivity index (χ0) is 62.2. The van der Waals surface area contributed by atoms with Gasteiger partial charge in [0.2, 0.25) is 0 Å². The summed E-state index contributed by atoms with van der Waals surface area (Å²) in [6.07, 6.45) is 40.4. The second-order valence-electron chi connectivity index (χ2n) is 24.5. The number of phosphoric acid groups is 2. The lowest BCUT2D eigenvalue weighted by Gasteiger charge is -2.21. The third-order valence-electron chi connectivity index (χ3n) is 15.0. The summed E-state index contributed by atoms with van der Waals surface area (Å²) in [4.78, 5) is 72.1. The van der Waals surface area contributed by atoms with Gasteiger partial charge in [-0.05, 0) is 37.5 Å². The van der Waals surface area contributed by atoms with Gasteiger partial charge in [0.25, 0.3) is 0 Å². The number of rotatable bonds is 64. The summed E-state index contributed by atoms with van der Waals surface area (Å²) >= 11 is 0. The first-order valence-electron chi connectivity index (χ1n) is 34.0. The van der Waals surface area contributed by atoms with Gasteiger partial charge in [-0.1, -0.05) is 273 Å². The zero-order valence-corrected chi connectivity index (χ0v) is 56.0. The van der Waals surface area contributed by atoms with E-state index in [1.54, 1.807) is 0 Å². The quantitative estimate of drug-likeness (QED) is 0.0222. The summed E-state index contributed by atoms with van der Waals surface area (Å²) in [6, 6.07) is 0. The number of aliphatic hydroxyl groups excluding tert-OH is 1. The molecule has 0 radical (unpaired) electrons. The topological polar surface area (TPSA) is 237 Å². The van der Waals surface area contributed by atoms with Crippen LogP contribution < -0.4 is 0 Å². The fourth-order valence-electron chi connectivity index (χ4n) is 9.71. The number of hydrogen-bond acceptors (Lipinski definition) is 15. The van der Waals surface area contributed by atoms with E-state index in [4.69, 9.17) is 37.0 Å². The number of ether oxygens (including phenoxy) is 4. The molecule has 2 unspecified atom stereocenters. The minimum absolute atomic E-state index is 0.105. The summed E-state index contributed by atoms with van der Waals surface area (Å²) in [5, 5.41) is 10.5. The zero-order valence-electron chi connectivity index (χ0n) is 54.2. The van der Waals surface area contributed by atoms with E-state index in [1.165, 1.54) is 128 Å². The van der Waals surface area contributed by atoms with Crippen molar-refractivity contribution in [2.45, 2.75) is 342 Å². The Bertz CT molecular complexity index is 1650. The van der Waals surface area contributed by atoms with Crippen LogP contribution in [-0.4, -0.2) is 96.7 Å². The number of hydrogen-bond donors (Lipinski definition) is 3. The van der Waals surface area contributed by atoms with Crippen LogP contribution in [0, 0.1) is 11.8 Å². The van der Waals surface area contributed by atoms with Crippen molar-refractivity contribution in [3.05, 3.63) is 0 Å². The highest BCUT2D eigenvalue weighted by molar-refractivity contribution is 7.47. The summed E-state index contributed by atoms with van der Waals surface area (Å²) < 4.78 is 67.9. The van der Waals surface area contributed by atoms with Gasteiger partial charge in [0, 0.05) is 25.7 Å². The Morgan fingerprint density at radius 2 is 0.548 bits per heavy atom. The minimum Gasteiger partial charge on any atom is -0.462 e. The molecule has 0 saturated heterocycles. The molecule has 84 heavy (non-hydrogen) atoms. The second kappa shape index (κ2) is 57.5. The van der Waals surface area contributed by atoms with Crippen LogP contribution in [0.2, 0.25) is 0 Å². The van der Waals surface area contributed by atoms with Gasteiger partial charge in [0.05, 0.1) is 26.4 Å². The van der Waals surface area contributed by atoms with Crippen LogP contribution in [0.5, 0.6) is 0 Å². The summed E-state index contributed by atoms with van der Waals surface area (Å²) in [6.45, 7) is 9.46. The molecule has 0 heterocycles. The molecule has 5 atom stereocenters. The van der Waals surface area contributed by atoms with E-state index in [1.807, 2.05) is 0 Å². The molecule has 0 amide bonds. The Labute approximate surface area is 511 Å². The van der Waals surface area contributed by atoms with Crippen LogP contribution in [0.4, 0.5) is 0 Å². The molecule has 0 spiro atoms. The summed E-state index contributed by atoms with van der Waals surface area (Å²) in [5.41, 5.74) is 0. The molecule has 0 aromatic rings. The lowest BCUT2D eigenvalue weighted by molar-refractivity contribution is -0.161. The Morgan fingerprint density at radius 1 is 0.321 bits per heavy atom. The van der Waals surface area contributed by atoms with Gasteiger partial charge < -0.3 is 33.8 Å². The van der Waals surface area contributed by atoms with Crippen LogP contribution in [-0.2, 0) is 65.4 Å². The predicted molar refractivity (Wildman–Crippen MR) is 335 cm³/mol. The van der Waals surface area contributed by atoms with Crippen molar-refractivity contribution >= 4 is 39.5 Å². The first kappa shape index (κ1) is 82.1. The van der Waals surface area contributed by atoms with E-state index in [0.717, 1.165) is 115 Å². The molecule has 0 aromatic heterocycles. The van der Waals surface area contributed by atoms with Gasteiger partial charge in [0.1, 0.15) is 19.3 Å². The molecule has 19 heteroatoms. The predicted octanol–water partition coefficient (Wildman–Crippen LogP) is 18.0. The molecule has 0 fully saturated rings. The highest BCUT2D eigenvalue weighted by Gasteiger charge is 2.30. The van der Waals surface area contributed by atoms with Crippen molar-refractivity contribution in [3.8, 4) is 0 Å². The highest BCUT2D eigenvalue weighted by atomic mass is 31.2. The average molecular weight is 1240 g/mol. The summed E-state index contributed by atoms with van der Waals surface area (Å²) in [7, 11) is -9.88. The normalized spacial score (nSPS) is 14.3. The Balaban J connectivity index is 5.21. The minimum atomic E-state index is -4.95. The van der Waals surface area contributed by atoms with Crippen molar-refractivity contribution in [1.82, 2.24) is 0 Å². The van der Waals surface area contributed by atoms with Crippen molar-refractivity contribution in [3.63, 3.8) is 0 Å². The molecule has 17 nitrogen and oxygen atoms in total. The molecule has 0 bridgehead atoms. The van der Waals surface area contributed by atoms with Gasteiger partial charge in [-0.3, -0.25) is 37.3 Å². The van der Waals surface area contributed by atoms with Crippen molar-refractivity contribution in [2.75, 3.05) is 39.6 Å². The van der Waals surface area contributed by atoms with Gasteiger partial charge >= 0.3 is 39.5 Å². The Kier molecular flexibility index (Phi) is 56.2. The molecule has 0 rings (SSSR count). The number of unbranched alkanes of at least 4 members (excludes halogenated alkanes) is 34. The third-order valence-corrected chi connectivity index (χ3v) is 16.9. The molecule has 0 aliphatic heterocycles. The maximum Gasteiger partial charge on any atom is 0.472 e. The first-order chi connectivity index (χ1) is 40.4.